The van der Waals surface area contributed by atoms with Gasteiger partial charge in [0.1, 0.15) is 6.04 Å². The molecule has 6 rings (SSSR count). The molecule has 1 aliphatic heterocycles. The Hall–Kier alpha value is -4.68. The summed E-state index contributed by atoms with van der Waals surface area (Å²) in [6.45, 7) is 6.79. The predicted molar refractivity (Wildman–Crippen MR) is 211 cm³/mol. The first-order valence-corrected chi connectivity index (χ1v) is 19.8. The van der Waals surface area contributed by atoms with E-state index in [-0.39, 0.29) is 42.1 Å². The van der Waals surface area contributed by atoms with Gasteiger partial charge in [-0.1, -0.05) is 122 Å². The van der Waals surface area contributed by atoms with Crippen molar-refractivity contribution in [2.45, 2.75) is 69.3 Å². The molecule has 6 atom stereocenters. The molecule has 10 heteroatoms. The molecule has 0 aromatic heterocycles. The number of aryl methyl sites for hydroxylation is 1. The number of ether oxygens (including phenoxy) is 2. The monoisotopic (exact) mass is 747 g/mol. The SMILES string of the molecule is Cc1ccc(S(=O)(=O)N[C@H](Cc2ccccc2)C(=O)Nc2cccc([C@H]3O[C@@H](CN(C)[C@@H](C)c4ccccc4)[C@@H](C)[C@@H](c4ccc(CO)cc4)O3)c2)cc1. The first-order valence-electron chi connectivity index (χ1n) is 18.3. The Kier molecular flexibility index (Phi) is 12.7. The molecule has 54 heavy (non-hydrogen) atoms. The van der Waals surface area contributed by atoms with Gasteiger partial charge in [0.05, 0.1) is 23.7 Å². The van der Waals surface area contributed by atoms with Crippen LogP contribution in [0.2, 0.25) is 0 Å². The Morgan fingerprint density at radius 2 is 1.48 bits per heavy atom. The van der Waals surface area contributed by atoms with E-state index in [9.17, 15) is 18.3 Å². The first-order chi connectivity index (χ1) is 26.0. The van der Waals surface area contributed by atoms with Gasteiger partial charge in [-0.2, -0.15) is 4.72 Å². The minimum Gasteiger partial charge on any atom is -0.392 e. The second-order valence-electron chi connectivity index (χ2n) is 14.1. The smallest absolute Gasteiger partial charge is 0.242 e. The van der Waals surface area contributed by atoms with Gasteiger partial charge in [0.15, 0.2) is 6.29 Å². The Labute approximate surface area is 319 Å². The molecule has 3 N–H and O–H groups in total. The number of anilines is 1. The van der Waals surface area contributed by atoms with Gasteiger partial charge in [0.2, 0.25) is 15.9 Å². The molecule has 9 nitrogen and oxygen atoms in total. The maximum Gasteiger partial charge on any atom is 0.242 e. The minimum atomic E-state index is -4.01. The Bertz CT molecular complexity index is 2080. The fraction of sp³-hybridized carbons (Fsp3) is 0.295. The summed E-state index contributed by atoms with van der Waals surface area (Å²) in [7, 11) is -1.91. The zero-order valence-corrected chi connectivity index (χ0v) is 31.9. The van der Waals surface area contributed by atoms with E-state index in [1.54, 1.807) is 18.2 Å². The molecule has 1 aliphatic rings. The third kappa shape index (κ3) is 9.70. The second-order valence-corrected chi connectivity index (χ2v) is 15.9. The molecule has 0 bridgehead atoms. The normalized spacial score (nSPS) is 20.0. The topological polar surface area (TPSA) is 117 Å². The number of nitrogens with zero attached hydrogens (tertiary/aromatic N) is 1. The number of likely N-dealkylation sites (N-methyl/N-ethyl adjacent to an activating group) is 1. The number of amides is 1. The molecule has 1 saturated heterocycles. The number of aliphatic hydroxyl groups is 1. The number of nitrogens with one attached hydrogen (secondary N) is 2. The number of sulfonamides is 1. The van der Waals surface area contributed by atoms with Gasteiger partial charge in [-0.15, -0.1) is 0 Å². The van der Waals surface area contributed by atoms with Gasteiger partial charge in [0.25, 0.3) is 0 Å². The van der Waals surface area contributed by atoms with Crippen molar-refractivity contribution in [3.8, 4) is 0 Å². The molecule has 282 valence electrons. The van der Waals surface area contributed by atoms with Crippen molar-refractivity contribution in [3.63, 3.8) is 0 Å². The number of rotatable bonds is 14. The molecule has 0 aliphatic carbocycles. The van der Waals surface area contributed by atoms with Crippen molar-refractivity contribution in [1.82, 2.24) is 9.62 Å². The van der Waals surface area contributed by atoms with Crippen molar-refractivity contribution in [2.24, 2.45) is 5.92 Å². The molecular formula is C44H49N3O6S. The van der Waals surface area contributed by atoms with Crippen LogP contribution in [-0.4, -0.2) is 50.1 Å². The van der Waals surface area contributed by atoms with Crippen LogP contribution < -0.4 is 10.0 Å². The Balaban J connectivity index is 1.25. The number of carbonyl (C=O) groups is 1. The van der Waals surface area contributed by atoms with Crippen molar-refractivity contribution < 1.29 is 27.8 Å². The summed E-state index contributed by atoms with van der Waals surface area (Å²) in [5.74, 6) is -0.517. The summed E-state index contributed by atoms with van der Waals surface area (Å²) in [5.41, 5.74) is 5.93. The summed E-state index contributed by atoms with van der Waals surface area (Å²) in [4.78, 5) is 16.3. The number of aliphatic hydroxyl groups excluding tert-OH is 1. The summed E-state index contributed by atoms with van der Waals surface area (Å²) in [6, 6.07) is 40.3. The average molecular weight is 748 g/mol. The highest BCUT2D eigenvalue weighted by Crippen LogP contribution is 2.42. The van der Waals surface area contributed by atoms with Crippen molar-refractivity contribution in [2.75, 3.05) is 18.9 Å². The van der Waals surface area contributed by atoms with E-state index < -0.39 is 28.3 Å². The van der Waals surface area contributed by atoms with Gasteiger partial charge in [0, 0.05) is 29.8 Å². The summed E-state index contributed by atoms with van der Waals surface area (Å²) >= 11 is 0. The molecule has 0 radical (unpaired) electrons. The van der Waals surface area contributed by atoms with Gasteiger partial charge in [-0.3, -0.25) is 9.69 Å². The van der Waals surface area contributed by atoms with Crippen LogP contribution in [0.4, 0.5) is 5.69 Å². The highest BCUT2D eigenvalue weighted by atomic mass is 32.2. The van der Waals surface area contributed by atoms with Crippen LogP contribution in [0, 0.1) is 12.8 Å². The maximum atomic E-state index is 13.9. The van der Waals surface area contributed by atoms with Crippen LogP contribution >= 0.6 is 0 Å². The molecule has 5 aromatic carbocycles. The van der Waals surface area contributed by atoms with E-state index in [0.29, 0.717) is 17.8 Å². The first kappa shape index (κ1) is 39.0. The quantitative estimate of drug-likeness (QED) is 0.108. The third-order valence-electron chi connectivity index (χ3n) is 10.2. The Morgan fingerprint density at radius 1 is 0.815 bits per heavy atom. The average Bonchev–Trinajstić information content (AvgIpc) is 3.19. The minimum absolute atomic E-state index is 0.0187. The van der Waals surface area contributed by atoms with Crippen LogP contribution in [0.3, 0.4) is 0 Å². The van der Waals surface area contributed by atoms with Gasteiger partial charge >= 0.3 is 0 Å². The largest absolute Gasteiger partial charge is 0.392 e. The van der Waals surface area contributed by atoms with Crippen LogP contribution in [0.15, 0.2) is 138 Å². The van der Waals surface area contributed by atoms with Crippen molar-refractivity contribution in [3.05, 3.63) is 167 Å². The lowest BCUT2D eigenvalue weighted by atomic mass is 9.89. The zero-order chi connectivity index (χ0) is 38.2. The molecule has 1 amide bonds. The third-order valence-corrected chi connectivity index (χ3v) is 11.7. The van der Waals surface area contributed by atoms with E-state index in [1.165, 1.54) is 17.7 Å². The lowest BCUT2D eigenvalue weighted by Gasteiger charge is -2.43. The number of hydrogen-bond acceptors (Lipinski definition) is 7. The maximum absolute atomic E-state index is 13.9. The summed E-state index contributed by atoms with van der Waals surface area (Å²) < 4.78 is 43.0. The number of carbonyl (C=O) groups excluding carboxylic acids is 1. The van der Waals surface area contributed by atoms with E-state index in [4.69, 9.17) is 9.47 Å². The lowest BCUT2D eigenvalue weighted by molar-refractivity contribution is -0.276. The second kappa shape index (κ2) is 17.6. The molecule has 0 saturated carbocycles. The summed E-state index contributed by atoms with van der Waals surface area (Å²) in [6.07, 6.45) is -1.14. The number of benzene rings is 5. The van der Waals surface area contributed by atoms with Crippen LogP contribution in [0.5, 0.6) is 0 Å². The van der Waals surface area contributed by atoms with E-state index in [2.05, 4.69) is 48.0 Å². The zero-order valence-electron chi connectivity index (χ0n) is 31.1. The lowest BCUT2D eigenvalue weighted by Crippen LogP contribution is -2.45. The summed E-state index contributed by atoms with van der Waals surface area (Å²) in [5, 5.41) is 12.6. The molecule has 0 spiro atoms. The van der Waals surface area contributed by atoms with E-state index >= 15 is 0 Å². The van der Waals surface area contributed by atoms with E-state index in [0.717, 1.165) is 22.3 Å². The van der Waals surface area contributed by atoms with Crippen molar-refractivity contribution >= 4 is 21.6 Å². The molecule has 1 heterocycles. The van der Waals surface area contributed by atoms with Crippen LogP contribution in [0.1, 0.15) is 65.7 Å². The van der Waals surface area contributed by atoms with Crippen LogP contribution in [-0.2, 0) is 37.3 Å². The number of hydrogen-bond donors (Lipinski definition) is 3. The highest BCUT2D eigenvalue weighted by molar-refractivity contribution is 7.89. The highest BCUT2D eigenvalue weighted by Gasteiger charge is 2.39. The standard InChI is InChI=1S/C44H49N3O6S/c1-30-18-24-39(25-19-30)54(50,51)46-40(26-33-12-7-5-8-13-33)43(49)45-38-17-11-16-37(27-38)44-52-41(28-47(4)32(3)35-14-9-6-10-15-35)31(2)42(53-44)36-22-20-34(29-48)21-23-36/h5-25,27,31-32,40-42,44,46,48H,26,28-29H2,1-4H3,(H,45,49)/t31-,32+,40-,41+,42+,44+/m1/s1. The molecule has 0 unspecified atom stereocenters. The Morgan fingerprint density at radius 3 is 2.15 bits per heavy atom. The van der Waals surface area contributed by atoms with Crippen LogP contribution in [0.25, 0.3) is 0 Å². The van der Waals surface area contributed by atoms with Gasteiger partial charge in [-0.25, -0.2) is 8.42 Å². The molecular weight excluding hydrogens is 699 g/mol. The van der Waals surface area contributed by atoms with Gasteiger partial charge < -0.3 is 19.9 Å². The van der Waals surface area contributed by atoms with Crippen molar-refractivity contribution in [1.29, 1.82) is 0 Å². The fourth-order valence-corrected chi connectivity index (χ4v) is 7.95. The predicted octanol–water partition coefficient (Wildman–Crippen LogP) is 7.50. The molecule has 5 aromatic rings. The van der Waals surface area contributed by atoms with E-state index in [1.807, 2.05) is 97.9 Å². The fourth-order valence-electron chi connectivity index (χ4n) is 6.76. The van der Waals surface area contributed by atoms with Gasteiger partial charge in [-0.05, 0) is 73.8 Å². The molecule has 1 fully saturated rings.